The first-order valence-electron chi connectivity index (χ1n) is 4.48. The Hall–Kier alpha value is -1.36. The van der Waals surface area contributed by atoms with Crippen LogP contribution < -0.4 is 10.1 Å². The van der Waals surface area contributed by atoms with Gasteiger partial charge in [0.05, 0.1) is 12.9 Å². The summed E-state index contributed by atoms with van der Waals surface area (Å²) < 4.78 is 5.00. The Labute approximate surface area is 91.6 Å². The Morgan fingerprint density at radius 1 is 1.60 bits per heavy atom. The summed E-state index contributed by atoms with van der Waals surface area (Å²) in [6.45, 7) is 0. The molecule has 0 spiro atoms. The first-order chi connectivity index (χ1) is 7.20. The van der Waals surface area contributed by atoms with E-state index in [1.54, 1.807) is 18.2 Å². The van der Waals surface area contributed by atoms with E-state index in [9.17, 15) is 9.90 Å². The predicted molar refractivity (Wildman–Crippen MR) is 58.0 cm³/mol. The number of ether oxygens (including phenoxy) is 1. The zero-order chi connectivity index (χ0) is 10.8. The number of carbonyl (C=O) groups is 1. The second-order valence-corrected chi connectivity index (χ2v) is 4.28. The van der Waals surface area contributed by atoms with Crippen LogP contribution in [0.3, 0.4) is 0 Å². The van der Waals surface area contributed by atoms with E-state index in [2.05, 4.69) is 5.32 Å². The predicted octanol–water partition coefficient (Wildman–Crippen LogP) is 1.26. The van der Waals surface area contributed by atoms with Crippen LogP contribution in [0.2, 0.25) is 0 Å². The number of hydrogen-bond acceptors (Lipinski definition) is 4. The van der Waals surface area contributed by atoms with Crippen LogP contribution in [-0.2, 0) is 4.79 Å². The van der Waals surface area contributed by atoms with Crippen LogP contribution in [0.25, 0.3) is 0 Å². The third-order valence-corrected chi connectivity index (χ3v) is 3.33. The van der Waals surface area contributed by atoms with Crippen LogP contribution in [0.5, 0.6) is 11.5 Å². The lowest BCUT2D eigenvalue weighted by molar-refractivity contribution is -0.118. The minimum absolute atomic E-state index is 0.0352. The molecule has 2 rings (SSSR count). The number of nitrogens with one attached hydrogen (secondary N) is 1. The molecule has 5 heteroatoms. The summed E-state index contributed by atoms with van der Waals surface area (Å²) in [6.07, 6.45) is 0. The molecule has 1 amide bonds. The van der Waals surface area contributed by atoms with Gasteiger partial charge in [-0.25, -0.2) is 0 Å². The number of phenolic OH excluding ortho intramolecular Hbond substituents is 1. The first-order valence-corrected chi connectivity index (χ1v) is 5.53. The van der Waals surface area contributed by atoms with Crippen LogP contribution in [0.4, 0.5) is 0 Å². The zero-order valence-electron chi connectivity index (χ0n) is 8.19. The summed E-state index contributed by atoms with van der Waals surface area (Å²) in [4.78, 5) is 11.0. The summed E-state index contributed by atoms with van der Waals surface area (Å²) in [7, 11) is 1.50. The van der Waals surface area contributed by atoms with Crippen molar-refractivity contribution < 1.29 is 14.6 Å². The van der Waals surface area contributed by atoms with E-state index < -0.39 is 0 Å². The molecule has 1 atom stereocenters. The first kappa shape index (κ1) is 10.2. The van der Waals surface area contributed by atoms with Crippen molar-refractivity contribution in [3.05, 3.63) is 23.8 Å². The summed E-state index contributed by atoms with van der Waals surface area (Å²) in [6, 6.07) is 5.08. The molecule has 2 N–H and O–H groups in total. The van der Waals surface area contributed by atoms with Gasteiger partial charge in [-0.3, -0.25) is 4.79 Å². The molecule has 1 saturated heterocycles. The summed E-state index contributed by atoms with van der Waals surface area (Å²) in [5.41, 5.74) is 0.931. The van der Waals surface area contributed by atoms with Gasteiger partial charge in [-0.1, -0.05) is 6.07 Å². The number of aromatic hydroxyl groups is 1. The zero-order valence-corrected chi connectivity index (χ0v) is 9.00. The standard InChI is InChI=1S/C10H11NO3S/c1-14-8-4-6(2-3-7(8)12)10-11-9(13)5-15-10/h2-4,10,12H,5H2,1H3,(H,11,13). The molecule has 0 radical (unpaired) electrons. The maximum absolute atomic E-state index is 11.0. The van der Waals surface area contributed by atoms with E-state index in [1.165, 1.54) is 18.9 Å². The van der Waals surface area contributed by atoms with Crippen molar-refractivity contribution in [2.75, 3.05) is 12.9 Å². The maximum Gasteiger partial charge on any atom is 0.231 e. The number of thioether (sulfide) groups is 1. The topological polar surface area (TPSA) is 58.6 Å². The van der Waals surface area contributed by atoms with Crippen LogP contribution in [0.15, 0.2) is 18.2 Å². The molecule has 1 aliphatic heterocycles. The number of rotatable bonds is 2. The van der Waals surface area contributed by atoms with E-state index in [1.807, 2.05) is 0 Å². The molecule has 0 aromatic heterocycles. The highest BCUT2D eigenvalue weighted by Crippen LogP contribution is 2.35. The Morgan fingerprint density at radius 3 is 3.00 bits per heavy atom. The number of carbonyl (C=O) groups excluding carboxylic acids is 1. The van der Waals surface area contributed by atoms with Gasteiger partial charge in [0.2, 0.25) is 5.91 Å². The number of phenols is 1. The highest BCUT2D eigenvalue weighted by molar-refractivity contribution is 8.00. The van der Waals surface area contributed by atoms with Crippen LogP contribution in [0, 0.1) is 0 Å². The Morgan fingerprint density at radius 2 is 2.40 bits per heavy atom. The highest BCUT2D eigenvalue weighted by atomic mass is 32.2. The Bertz CT molecular complexity index is 394. The van der Waals surface area contributed by atoms with Gasteiger partial charge in [-0.05, 0) is 17.7 Å². The maximum atomic E-state index is 11.0. The van der Waals surface area contributed by atoms with Crippen molar-refractivity contribution in [3.8, 4) is 11.5 Å². The molecule has 1 heterocycles. The number of methoxy groups -OCH3 is 1. The Kier molecular flexibility index (Phi) is 2.73. The number of amides is 1. The van der Waals surface area contributed by atoms with E-state index in [-0.39, 0.29) is 17.0 Å². The smallest absolute Gasteiger partial charge is 0.231 e. The van der Waals surface area contributed by atoms with Gasteiger partial charge in [0.1, 0.15) is 5.37 Å². The fourth-order valence-corrected chi connectivity index (χ4v) is 2.38. The lowest BCUT2D eigenvalue weighted by Crippen LogP contribution is -2.18. The molecule has 0 bridgehead atoms. The third kappa shape index (κ3) is 2.02. The summed E-state index contributed by atoms with van der Waals surface area (Å²) in [5.74, 6) is 1.05. The molecule has 1 aromatic rings. The molecule has 1 unspecified atom stereocenters. The van der Waals surface area contributed by atoms with Crippen LogP contribution >= 0.6 is 11.8 Å². The molecule has 0 saturated carbocycles. The second-order valence-electron chi connectivity index (χ2n) is 3.19. The lowest BCUT2D eigenvalue weighted by atomic mass is 10.2. The summed E-state index contributed by atoms with van der Waals surface area (Å²) in [5, 5.41) is 12.2. The van der Waals surface area contributed by atoms with Crippen LogP contribution in [0.1, 0.15) is 10.9 Å². The van der Waals surface area contributed by atoms with Crippen molar-refractivity contribution in [1.29, 1.82) is 0 Å². The molecule has 1 aromatic carbocycles. The van der Waals surface area contributed by atoms with Gasteiger partial charge in [0.25, 0.3) is 0 Å². The fraction of sp³-hybridized carbons (Fsp3) is 0.300. The molecular weight excluding hydrogens is 214 g/mol. The van der Waals surface area contributed by atoms with Gasteiger partial charge < -0.3 is 15.2 Å². The quantitative estimate of drug-likeness (QED) is 0.795. The van der Waals surface area contributed by atoms with Crippen molar-refractivity contribution in [1.82, 2.24) is 5.32 Å². The van der Waals surface area contributed by atoms with Gasteiger partial charge in [-0.15, -0.1) is 11.8 Å². The molecule has 4 nitrogen and oxygen atoms in total. The fourth-order valence-electron chi connectivity index (χ4n) is 1.43. The second kappa shape index (κ2) is 4.02. The van der Waals surface area contributed by atoms with E-state index in [0.29, 0.717) is 11.5 Å². The number of hydrogen-bond donors (Lipinski definition) is 2. The molecule has 1 aliphatic rings. The SMILES string of the molecule is COc1cc(C2NC(=O)CS2)ccc1O. The van der Waals surface area contributed by atoms with E-state index in [4.69, 9.17) is 4.74 Å². The molecule has 1 fully saturated rings. The van der Waals surface area contributed by atoms with Crippen molar-refractivity contribution in [3.63, 3.8) is 0 Å². The lowest BCUT2D eigenvalue weighted by Gasteiger charge is -2.11. The molecule has 80 valence electrons. The van der Waals surface area contributed by atoms with E-state index >= 15 is 0 Å². The van der Waals surface area contributed by atoms with Crippen molar-refractivity contribution in [2.45, 2.75) is 5.37 Å². The van der Waals surface area contributed by atoms with Crippen molar-refractivity contribution in [2.24, 2.45) is 0 Å². The monoisotopic (exact) mass is 225 g/mol. The van der Waals surface area contributed by atoms with Gasteiger partial charge in [-0.2, -0.15) is 0 Å². The third-order valence-electron chi connectivity index (χ3n) is 2.18. The van der Waals surface area contributed by atoms with E-state index in [0.717, 1.165) is 5.56 Å². The largest absolute Gasteiger partial charge is 0.504 e. The normalized spacial score (nSPS) is 20.1. The Balaban J connectivity index is 2.25. The van der Waals surface area contributed by atoms with Gasteiger partial charge in [0, 0.05) is 0 Å². The average Bonchev–Trinajstić information content (AvgIpc) is 2.66. The van der Waals surface area contributed by atoms with Crippen molar-refractivity contribution >= 4 is 17.7 Å². The number of benzene rings is 1. The average molecular weight is 225 g/mol. The minimum Gasteiger partial charge on any atom is -0.504 e. The summed E-state index contributed by atoms with van der Waals surface area (Å²) >= 11 is 1.53. The van der Waals surface area contributed by atoms with Crippen LogP contribution in [-0.4, -0.2) is 23.9 Å². The molecular formula is C10H11NO3S. The van der Waals surface area contributed by atoms with Gasteiger partial charge >= 0.3 is 0 Å². The molecule has 15 heavy (non-hydrogen) atoms. The van der Waals surface area contributed by atoms with Gasteiger partial charge in [0.15, 0.2) is 11.5 Å². The minimum atomic E-state index is -0.0352. The highest BCUT2D eigenvalue weighted by Gasteiger charge is 2.23. The molecule has 0 aliphatic carbocycles.